The molecule has 8 heteroatoms. The van der Waals surface area contributed by atoms with Gasteiger partial charge in [0.05, 0.1) is 5.02 Å². The van der Waals surface area contributed by atoms with Crippen molar-refractivity contribution < 1.29 is 13.2 Å². The molecule has 1 unspecified atom stereocenters. The van der Waals surface area contributed by atoms with Crippen molar-refractivity contribution in [2.45, 2.75) is 30.7 Å². The van der Waals surface area contributed by atoms with Gasteiger partial charge in [-0.2, -0.15) is 0 Å². The first kappa shape index (κ1) is 16.5. The molecule has 0 spiro atoms. The molecule has 0 radical (unpaired) electrons. The molecule has 1 aliphatic heterocycles. The molecular formula is C13H16Cl2N2O3S. The third-order valence-electron chi connectivity index (χ3n) is 3.35. The van der Waals surface area contributed by atoms with Crippen LogP contribution in [0.4, 0.5) is 0 Å². The largest absolute Gasteiger partial charge is 0.341 e. The van der Waals surface area contributed by atoms with Crippen molar-refractivity contribution in [3.63, 3.8) is 0 Å². The van der Waals surface area contributed by atoms with Crippen LogP contribution in [0.2, 0.25) is 10.0 Å². The fourth-order valence-electron chi connectivity index (χ4n) is 2.28. The lowest BCUT2D eigenvalue weighted by Gasteiger charge is -2.16. The van der Waals surface area contributed by atoms with Crippen LogP contribution in [-0.2, 0) is 14.8 Å². The maximum atomic E-state index is 12.3. The third kappa shape index (κ3) is 3.88. The van der Waals surface area contributed by atoms with Crippen LogP contribution in [0.5, 0.6) is 0 Å². The van der Waals surface area contributed by atoms with E-state index < -0.39 is 10.0 Å². The van der Waals surface area contributed by atoms with Gasteiger partial charge in [0.2, 0.25) is 15.9 Å². The Morgan fingerprint density at radius 1 is 1.43 bits per heavy atom. The summed E-state index contributed by atoms with van der Waals surface area (Å²) in [6.45, 7) is 2.73. The van der Waals surface area contributed by atoms with Gasteiger partial charge in [0.15, 0.2) is 0 Å². The van der Waals surface area contributed by atoms with E-state index in [4.69, 9.17) is 23.2 Å². The van der Waals surface area contributed by atoms with Gasteiger partial charge in [-0.1, -0.05) is 30.1 Å². The van der Waals surface area contributed by atoms with E-state index >= 15 is 0 Å². The van der Waals surface area contributed by atoms with Gasteiger partial charge in [-0.05, 0) is 24.6 Å². The van der Waals surface area contributed by atoms with Crippen molar-refractivity contribution in [1.29, 1.82) is 0 Å². The minimum atomic E-state index is -3.73. The molecule has 1 aromatic rings. The molecule has 0 bridgehead atoms. The fraction of sp³-hybridized carbons (Fsp3) is 0.462. The second-order valence-electron chi connectivity index (χ2n) is 4.87. The Morgan fingerprint density at radius 2 is 2.14 bits per heavy atom. The van der Waals surface area contributed by atoms with Crippen molar-refractivity contribution in [3.8, 4) is 0 Å². The summed E-state index contributed by atoms with van der Waals surface area (Å²) in [5, 5.41) is 0.453. The van der Waals surface area contributed by atoms with Crippen LogP contribution in [0.1, 0.15) is 19.8 Å². The zero-order valence-electron chi connectivity index (χ0n) is 11.5. The molecule has 1 heterocycles. The standard InChI is InChI=1S/C13H16Cl2N2O3S/c1-2-13(18)17-6-5-10(8-17)16-21(19,20)12-4-3-9(14)7-11(12)15/h3-4,7,10,16H,2,5-6,8H2,1H3. The topological polar surface area (TPSA) is 66.5 Å². The number of carbonyl (C=O) groups is 1. The van der Waals surface area contributed by atoms with Crippen LogP contribution in [-0.4, -0.2) is 38.4 Å². The number of likely N-dealkylation sites (tertiary alicyclic amines) is 1. The van der Waals surface area contributed by atoms with E-state index in [1.165, 1.54) is 18.2 Å². The molecule has 5 nitrogen and oxygen atoms in total. The number of rotatable bonds is 4. The second-order valence-corrected chi connectivity index (χ2v) is 7.40. The molecule has 1 fully saturated rings. The van der Waals surface area contributed by atoms with Crippen LogP contribution in [0, 0.1) is 0 Å². The molecule has 1 amide bonds. The van der Waals surface area contributed by atoms with Gasteiger partial charge in [-0.3, -0.25) is 4.79 Å². The van der Waals surface area contributed by atoms with E-state index in [0.29, 0.717) is 31.0 Å². The predicted octanol–water partition coefficient (Wildman–Crippen LogP) is 2.28. The normalized spacial score (nSPS) is 19.0. The zero-order chi connectivity index (χ0) is 15.6. The van der Waals surface area contributed by atoms with Gasteiger partial charge in [0.1, 0.15) is 4.90 Å². The van der Waals surface area contributed by atoms with Gasteiger partial charge < -0.3 is 4.90 Å². The average Bonchev–Trinajstić information content (AvgIpc) is 2.85. The molecular weight excluding hydrogens is 335 g/mol. The Balaban J connectivity index is 2.10. The highest BCUT2D eigenvalue weighted by Gasteiger charge is 2.29. The maximum absolute atomic E-state index is 12.3. The van der Waals surface area contributed by atoms with Crippen molar-refractivity contribution >= 4 is 39.1 Å². The highest BCUT2D eigenvalue weighted by Crippen LogP contribution is 2.25. The number of nitrogens with one attached hydrogen (secondary N) is 1. The van der Waals surface area contributed by atoms with Crippen LogP contribution in [0.3, 0.4) is 0 Å². The number of halogens is 2. The van der Waals surface area contributed by atoms with Crippen LogP contribution in [0.25, 0.3) is 0 Å². The van der Waals surface area contributed by atoms with E-state index in [1.54, 1.807) is 11.8 Å². The van der Waals surface area contributed by atoms with E-state index in [0.717, 1.165) is 0 Å². The molecule has 116 valence electrons. The first-order valence-corrected chi connectivity index (χ1v) is 8.82. The molecule has 0 aromatic heterocycles. The maximum Gasteiger partial charge on any atom is 0.242 e. The van der Waals surface area contributed by atoms with Gasteiger partial charge in [-0.25, -0.2) is 13.1 Å². The highest BCUT2D eigenvalue weighted by molar-refractivity contribution is 7.89. The molecule has 21 heavy (non-hydrogen) atoms. The summed E-state index contributed by atoms with van der Waals surface area (Å²) in [5.74, 6) is 0.0289. The van der Waals surface area contributed by atoms with Gasteiger partial charge in [-0.15, -0.1) is 0 Å². The molecule has 1 N–H and O–H groups in total. The van der Waals surface area contributed by atoms with E-state index in [2.05, 4.69) is 4.72 Å². The lowest BCUT2D eigenvalue weighted by atomic mass is 10.3. The summed E-state index contributed by atoms with van der Waals surface area (Å²) < 4.78 is 27.2. The number of hydrogen-bond donors (Lipinski definition) is 1. The Labute approximate surface area is 134 Å². The molecule has 0 saturated carbocycles. The zero-order valence-corrected chi connectivity index (χ0v) is 13.8. The van der Waals surface area contributed by atoms with E-state index in [1.807, 2.05) is 0 Å². The molecule has 1 saturated heterocycles. The van der Waals surface area contributed by atoms with E-state index in [9.17, 15) is 13.2 Å². The number of carbonyl (C=O) groups excluding carboxylic acids is 1. The minimum Gasteiger partial charge on any atom is -0.341 e. The van der Waals surface area contributed by atoms with Crippen molar-refractivity contribution in [2.24, 2.45) is 0 Å². The summed E-state index contributed by atoms with van der Waals surface area (Å²) in [5.41, 5.74) is 0. The van der Waals surface area contributed by atoms with Gasteiger partial charge >= 0.3 is 0 Å². The third-order valence-corrected chi connectivity index (χ3v) is 5.59. The summed E-state index contributed by atoms with van der Waals surface area (Å²) in [6.07, 6.45) is 1.01. The van der Waals surface area contributed by atoms with Gasteiger partial charge in [0.25, 0.3) is 0 Å². The smallest absolute Gasteiger partial charge is 0.242 e. The lowest BCUT2D eigenvalue weighted by molar-refractivity contribution is -0.129. The Hall–Kier alpha value is -0.820. The molecule has 1 atom stereocenters. The number of hydrogen-bond acceptors (Lipinski definition) is 3. The quantitative estimate of drug-likeness (QED) is 0.905. The molecule has 1 aromatic carbocycles. The molecule has 2 rings (SSSR count). The fourth-order valence-corrected chi connectivity index (χ4v) is 4.32. The summed E-state index contributed by atoms with van der Waals surface area (Å²) in [4.78, 5) is 13.3. The number of nitrogens with zero attached hydrogens (tertiary/aromatic N) is 1. The van der Waals surface area contributed by atoms with Crippen molar-refractivity contribution in [3.05, 3.63) is 28.2 Å². The molecule has 0 aliphatic carbocycles. The van der Waals surface area contributed by atoms with Crippen molar-refractivity contribution in [2.75, 3.05) is 13.1 Å². The summed E-state index contributed by atoms with van der Waals surface area (Å²) in [7, 11) is -3.73. The summed E-state index contributed by atoms with van der Waals surface area (Å²) in [6, 6.07) is 3.94. The average molecular weight is 351 g/mol. The highest BCUT2D eigenvalue weighted by atomic mass is 35.5. The summed E-state index contributed by atoms with van der Waals surface area (Å²) >= 11 is 11.7. The number of amides is 1. The van der Waals surface area contributed by atoms with Crippen LogP contribution < -0.4 is 4.72 Å². The minimum absolute atomic E-state index is 0.00571. The second kappa shape index (κ2) is 6.52. The lowest BCUT2D eigenvalue weighted by Crippen LogP contribution is -2.38. The van der Waals surface area contributed by atoms with Crippen LogP contribution >= 0.6 is 23.2 Å². The predicted molar refractivity (Wildman–Crippen MR) is 82.1 cm³/mol. The van der Waals surface area contributed by atoms with Gasteiger partial charge in [0, 0.05) is 30.6 Å². The number of benzene rings is 1. The van der Waals surface area contributed by atoms with Crippen molar-refractivity contribution in [1.82, 2.24) is 9.62 Å². The van der Waals surface area contributed by atoms with Crippen LogP contribution in [0.15, 0.2) is 23.1 Å². The Morgan fingerprint density at radius 3 is 2.76 bits per heavy atom. The monoisotopic (exact) mass is 350 g/mol. The first-order chi connectivity index (χ1) is 9.83. The Kier molecular flexibility index (Phi) is 5.14. The molecule has 1 aliphatic rings. The first-order valence-electron chi connectivity index (χ1n) is 6.58. The van der Waals surface area contributed by atoms with E-state index in [-0.39, 0.29) is 21.9 Å². The Bertz CT molecular complexity index is 649. The SMILES string of the molecule is CCC(=O)N1CCC(NS(=O)(=O)c2ccc(Cl)cc2Cl)C1. The number of sulfonamides is 1.